The van der Waals surface area contributed by atoms with Crippen LogP contribution in [-0.4, -0.2) is 17.7 Å². The normalized spacial score (nSPS) is 16.2. The Morgan fingerprint density at radius 1 is 0.957 bits per heavy atom. The van der Waals surface area contributed by atoms with Gasteiger partial charge in [-0.05, 0) is 30.2 Å². The Labute approximate surface area is 130 Å². The number of hydrogen-bond acceptors (Lipinski definition) is 3. The molecule has 0 bridgehead atoms. The monoisotopic (exact) mass is 310 g/mol. The van der Waals surface area contributed by atoms with Gasteiger partial charge in [0.1, 0.15) is 5.82 Å². The van der Waals surface area contributed by atoms with E-state index in [4.69, 9.17) is 0 Å². The molecule has 5 nitrogen and oxygen atoms in total. The molecule has 3 amide bonds. The zero-order chi connectivity index (χ0) is 16.1. The van der Waals surface area contributed by atoms with Gasteiger partial charge in [-0.25, -0.2) is 9.29 Å². The van der Waals surface area contributed by atoms with Gasteiger partial charge in [0, 0.05) is 12.5 Å². The number of nitrogens with zero attached hydrogens (tertiary/aromatic N) is 1. The van der Waals surface area contributed by atoms with Crippen molar-refractivity contribution in [3.8, 4) is 0 Å². The number of nitrogens with one attached hydrogen (secondary N) is 1. The summed E-state index contributed by atoms with van der Waals surface area (Å²) in [5, 5.41) is 2.48. The fraction of sp³-hybridized carbons (Fsp3) is 0.118. The Kier molecular flexibility index (Phi) is 2.81. The lowest BCUT2D eigenvalue weighted by Crippen LogP contribution is -2.30. The van der Waals surface area contributed by atoms with Gasteiger partial charge in [0.25, 0.3) is 11.8 Å². The predicted molar refractivity (Wildman–Crippen MR) is 80.9 cm³/mol. The van der Waals surface area contributed by atoms with Gasteiger partial charge >= 0.3 is 0 Å². The van der Waals surface area contributed by atoms with E-state index in [0.717, 1.165) is 11.0 Å². The Balaban J connectivity index is 1.81. The van der Waals surface area contributed by atoms with Crippen molar-refractivity contribution in [2.75, 3.05) is 10.2 Å². The number of amides is 3. The first kappa shape index (κ1) is 13.6. The van der Waals surface area contributed by atoms with Crippen molar-refractivity contribution < 1.29 is 18.8 Å². The van der Waals surface area contributed by atoms with Crippen LogP contribution in [0, 0.1) is 5.82 Å². The number of hydrogen-bond donors (Lipinski definition) is 1. The smallest absolute Gasteiger partial charge is 0.266 e. The molecular weight excluding hydrogens is 299 g/mol. The molecule has 6 heteroatoms. The van der Waals surface area contributed by atoms with E-state index in [1.54, 1.807) is 30.3 Å². The first-order valence-corrected chi connectivity index (χ1v) is 7.16. The highest BCUT2D eigenvalue weighted by Crippen LogP contribution is 2.34. The molecule has 23 heavy (non-hydrogen) atoms. The molecule has 0 unspecified atom stereocenters. The van der Waals surface area contributed by atoms with Gasteiger partial charge in [-0.3, -0.25) is 14.4 Å². The zero-order valence-electron chi connectivity index (χ0n) is 11.9. The molecule has 0 aromatic heterocycles. The maximum atomic E-state index is 14.3. The quantitative estimate of drug-likeness (QED) is 0.823. The van der Waals surface area contributed by atoms with Gasteiger partial charge in [-0.2, -0.15) is 0 Å². The number of benzene rings is 2. The molecule has 114 valence electrons. The topological polar surface area (TPSA) is 66.5 Å². The summed E-state index contributed by atoms with van der Waals surface area (Å²) in [5.41, 5.74) is 1.51. The standard InChI is InChI=1S/C17H11FN2O3/c18-13-8-10(7-9-5-6-14(21)19-15(9)13)20-16(22)11-3-1-2-4-12(11)17(20)23/h1-4,7-8H,5-6H2,(H,19,21). The number of rotatable bonds is 1. The molecule has 0 fully saturated rings. The molecule has 0 radical (unpaired) electrons. The number of carbonyl (C=O) groups is 3. The highest BCUT2D eigenvalue weighted by atomic mass is 19.1. The van der Waals surface area contributed by atoms with Crippen LogP contribution in [0.15, 0.2) is 36.4 Å². The number of carbonyl (C=O) groups excluding carboxylic acids is 3. The van der Waals surface area contributed by atoms with E-state index in [2.05, 4.69) is 5.32 Å². The molecule has 2 aromatic rings. The average molecular weight is 310 g/mol. The van der Waals surface area contributed by atoms with Crippen molar-refractivity contribution in [3.63, 3.8) is 0 Å². The number of aryl methyl sites for hydroxylation is 1. The predicted octanol–water partition coefficient (Wildman–Crippen LogP) is 2.51. The minimum atomic E-state index is -0.651. The summed E-state index contributed by atoms with van der Waals surface area (Å²) < 4.78 is 14.3. The van der Waals surface area contributed by atoms with Crippen molar-refractivity contribution >= 4 is 29.1 Å². The summed E-state index contributed by atoms with van der Waals surface area (Å²) >= 11 is 0. The third-order valence-electron chi connectivity index (χ3n) is 4.09. The van der Waals surface area contributed by atoms with E-state index in [0.29, 0.717) is 23.1 Å². The maximum Gasteiger partial charge on any atom is 0.266 e. The van der Waals surface area contributed by atoms with Crippen molar-refractivity contribution in [1.82, 2.24) is 0 Å². The van der Waals surface area contributed by atoms with Crippen LogP contribution in [-0.2, 0) is 11.2 Å². The summed E-state index contributed by atoms with van der Waals surface area (Å²) in [4.78, 5) is 37.3. The second-order valence-electron chi connectivity index (χ2n) is 5.50. The van der Waals surface area contributed by atoms with E-state index < -0.39 is 17.6 Å². The molecule has 0 spiro atoms. The fourth-order valence-electron chi connectivity index (χ4n) is 2.99. The minimum Gasteiger partial charge on any atom is -0.323 e. The average Bonchev–Trinajstić information content (AvgIpc) is 2.80. The van der Waals surface area contributed by atoms with Crippen LogP contribution in [0.1, 0.15) is 32.7 Å². The summed E-state index contributed by atoms with van der Waals surface area (Å²) in [7, 11) is 0. The van der Waals surface area contributed by atoms with Gasteiger partial charge in [0.15, 0.2) is 0 Å². The Morgan fingerprint density at radius 3 is 2.26 bits per heavy atom. The third kappa shape index (κ3) is 1.95. The number of anilines is 2. The Bertz CT molecular complexity index is 856. The van der Waals surface area contributed by atoms with Crippen molar-refractivity contribution in [2.45, 2.75) is 12.8 Å². The van der Waals surface area contributed by atoms with E-state index in [9.17, 15) is 18.8 Å². The molecule has 0 saturated heterocycles. The second-order valence-corrected chi connectivity index (χ2v) is 5.50. The highest BCUT2D eigenvalue weighted by molar-refractivity contribution is 6.34. The van der Waals surface area contributed by atoms with Crippen LogP contribution in [0.3, 0.4) is 0 Å². The largest absolute Gasteiger partial charge is 0.323 e. The lowest BCUT2D eigenvalue weighted by molar-refractivity contribution is -0.116. The van der Waals surface area contributed by atoms with Crippen LogP contribution in [0.5, 0.6) is 0 Å². The zero-order valence-corrected chi connectivity index (χ0v) is 11.9. The minimum absolute atomic E-state index is 0.126. The molecule has 2 aliphatic heterocycles. The molecule has 1 N–H and O–H groups in total. The number of fused-ring (bicyclic) bond motifs is 2. The molecule has 2 aliphatic rings. The second kappa shape index (κ2) is 4.74. The molecular formula is C17H11FN2O3. The maximum absolute atomic E-state index is 14.3. The molecule has 2 heterocycles. The molecule has 2 aromatic carbocycles. The fourth-order valence-corrected chi connectivity index (χ4v) is 2.99. The SMILES string of the molecule is O=C1CCc2cc(N3C(=O)c4ccccc4C3=O)cc(F)c2N1. The van der Waals surface area contributed by atoms with Crippen LogP contribution in [0.2, 0.25) is 0 Å². The van der Waals surface area contributed by atoms with E-state index in [1.165, 1.54) is 0 Å². The van der Waals surface area contributed by atoms with Gasteiger partial charge in [-0.1, -0.05) is 12.1 Å². The Morgan fingerprint density at radius 2 is 1.61 bits per heavy atom. The van der Waals surface area contributed by atoms with Crippen molar-refractivity contribution in [3.05, 3.63) is 58.9 Å². The molecule has 0 saturated carbocycles. The lowest BCUT2D eigenvalue weighted by Gasteiger charge is -2.21. The summed E-state index contributed by atoms with van der Waals surface area (Å²) in [6, 6.07) is 9.19. The first-order valence-electron chi connectivity index (χ1n) is 7.16. The molecule has 0 atom stereocenters. The van der Waals surface area contributed by atoms with E-state index in [1.807, 2.05) is 0 Å². The molecule has 4 rings (SSSR count). The molecule has 0 aliphatic carbocycles. The van der Waals surface area contributed by atoms with Crippen molar-refractivity contribution in [2.24, 2.45) is 0 Å². The number of imide groups is 1. The third-order valence-corrected chi connectivity index (χ3v) is 4.09. The van der Waals surface area contributed by atoms with Gasteiger partial charge in [-0.15, -0.1) is 0 Å². The first-order chi connectivity index (χ1) is 11.1. The highest BCUT2D eigenvalue weighted by Gasteiger charge is 2.37. The Hall–Kier alpha value is -3.02. The lowest BCUT2D eigenvalue weighted by atomic mass is 10.0. The summed E-state index contributed by atoms with van der Waals surface area (Å²) in [5.74, 6) is -1.83. The van der Waals surface area contributed by atoms with E-state index >= 15 is 0 Å². The summed E-state index contributed by atoms with van der Waals surface area (Å²) in [6.45, 7) is 0. The van der Waals surface area contributed by atoms with Crippen molar-refractivity contribution in [1.29, 1.82) is 0 Å². The summed E-state index contributed by atoms with van der Waals surface area (Å²) in [6.07, 6.45) is 0.618. The van der Waals surface area contributed by atoms with Gasteiger partial charge in [0.2, 0.25) is 5.91 Å². The number of halogens is 1. The van der Waals surface area contributed by atoms with Gasteiger partial charge in [0.05, 0.1) is 22.5 Å². The van der Waals surface area contributed by atoms with Crippen LogP contribution in [0.4, 0.5) is 15.8 Å². The van der Waals surface area contributed by atoms with Crippen LogP contribution in [0.25, 0.3) is 0 Å². The van der Waals surface area contributed by atoms with Gasteiger partial charge < -0.3 is 5.32 Å². The van der Waals surface area contributed by atoms with Crippen LogP contribution >= 0.6 is 0 Å². The van der Waals surface area contributed by atoms with Crippen LogP contribution < -0.4 is 10.2 Å². The van der Waals surface area contributed by atoms with E-state index in [-0.39, 0.29) is 23.7 Å².